The predicted molar refractivity (Wildman–Crippen MR) is 99.8 cm³/mol. The van der Waals surface area contributed by atoms with Crippen LogP contribution in [0.2, 0.25) is 0 Å². The van der Waals surface area contributed by atoms with Crippen molar-refractivity contribution in [3.8, 4) is 0 Å². The van der Waals surface area contributed by atoms with Crippen LogP contribution in [-0.2, 0) is 9.47 Å². The number of hydrogen-bond donors (Lipinski definition) is 2. The maximum Gasteiger partial charge on any atom is 0.132 e. The number of methoxy groups -OCH3 is 1. The summed E-state index contributed by atoms with van der Waals surface area (Å²) < 4.78 is 11.5. The van der Waals surface area contributed by atoms with Gasteiger partial charge in [0.05, 0.1) is 30.0 Å². The first-order valence-electron chi connectivity index (χ1n) is 9.79. The molecular weight excluding hydrogens is 330 g/mol. The summed E-state index contributed by atoms with van der Waals surface area (Å²) in [6, 6.07) is 2.80. The van der Waals surface area contributed by atoms with Gasteiger partial charge in [-0.25, -0.2) is 15.4 Å². The molecule has 4 rings (SSSR count). The van der Waals surface area contributed by atoms with Crippen LogP contribution >= 0.6 is 0 Å². The number of aromatic nitrogens is 2. The number of ether oxygens (including phenoxy) is 2. The highest BCUT2D eigenvalue weighted by molar-refractivity contribution is 5.38. The highest BCUT2D eigenvalue weighted by Crippen LogP contribution is 2.45. The molecule has 1 aromatic heterocycles. The van der Waals surface area contributed by atoms with E-state index in [2.05, 4.69) is 38.7 Å². The Labute approximate surface area is 155 Å². The highest BCUT2D eigenvalue weighted by atomic mass is 16.5. The summed E-state index contributed by atoms with van der Waals surface area (Å²) in [4.78, 5) is 11.1. The van der Waals surface area contributed by atoms with E-state index in [0.717, 1.165) is 37.3 Å². The summed E-state index contributed by atoms with van der Waals surface area (Å²) in [5.74, 6) is 1.44. The Balaban J connectivity index is 1.45. The molecule has 7 heteroatoms. The van der Waals surface area contributed by atoms with Crippen molar-refractivity contribution in [3.63, 3.8) is 0 Å². The maximum atomic E-state index is 6.38. The fourth-order valence-electron chi connectivity index (χ4n) is 4.20. The number of nitrogens with zero attached hydrogens (tertiary/aromatic N) is 3. The fourth-order valence-corrected chi connectivity index (χ4v) is 4.20. The zero-order valence-electron chi connectivity index (χ0n) is 16.1. The van der Waals surface area contributed by atoms with Crippen LogP contribution in [-0.4, -0.2) is 55.0 Å². The second-order valence-electron chi connectivity index (χ2n) is 8.25. The lowest BCUT2D eigenvalue weighted by Gasteiger charge is -2.34. The van der Waals surface area contributed by atoms with Gasteiger partial charge in [-0.3, -0.25) is 5.43 Å². The van der Waals surface area contributed by atoms with Gasteiger partial charge in [-0.05, 0) is 39.0 Å². The van der Waals surface area contributed by atoms with Crippen molar-refractivity contribution >= 4 is 5.82 Å². The Morgan fingerprint density at radius 2 is 2.12 bits per heavy atom. The summed E-state index contributed by atoms with van der Waals surface area (Å²) >= 11 is 0. The third-order valence-corrected chi connectivity index (χ3v) is 6.12. The van der Waals surface area contributed by atoms with Crippen LogP contribution in [0.3, 0.4) is 0 Å². The first-order chi connectivity index (χ1) is 12.6. The van der Waals surface area contributed by atoms with Crippen LogP contribution in [0.4, 0.5) is 5.82 Å². The molecule has 2 heterocycles. The number of likely N-dealkylation sites (N-methyl/N-ethyl adjacent to an activating group) is 1. The van der Waals surface area contributed by atoms with Gasteiger partial charge in [-0.15, -0.1) is 0 Å². The Morgan fingerprint density at radius 3 is 2.88 bits per heavy atom. The van der Waals surface area contributed by atoms with Crippen LogP contribution in [0, 0.1) is 5.92 Å². The quantitative estimate of drug-likeness (QED) is 0.767. The number of anilines is 1. The molecule has 2 aliphatic carbocycles. The number of nitrogens with one attached hydrogen (secondary N) is 2. The third-order valence-electron chi connectivity index (χ3n) is 6.12. The fraction of sp³-hybridized carbons (Fsp3) is 0.789. The van der Waals surface area contributed by atoms with E-state index in [4.69, 9.17) is 9.47 Å². The summed E-state index contributed by atoms with van der Waals surface area (Å²) in [6.07, 6.45) is 7.85. The molecule has 1 aromatic rings. The standard InChI is InChI=1S/C19H31N5O2/c1-19(6-7-19)26-13-4-5-15-14(10-13)18(23-22-15)16-11-17(21-12-20-16)24(2)8-9-25-3/h11-15,18,22-23H,4-10H2,1-3H3. The minimum absolute atomic E-state index is 0.151. The predicted octanol–water partition coefficient (Wildman–Crippen LogP) is 1.81. The molecule has 26 heavy (non-hydrogen) atoms. The highest BCUT2D eigenvalue weighted by Gasteiger charge is 2.46. The Bertz CT molecular complexity index is 624. The molecule has 0 bridgehead atoms. The van der Waals surface area contributed by atoms with E-state index in [1.807, 2.05) is 7.05 Å². The van der Waals surface area contributed by atoms with Crippen LogP contribution in [0.1, 0.15) is 50.8 Å². The maximum absolute atomic E-state index is 6.38. The monoisotopic (exact) mass is 361 g/mol. The molecule has 3 aliphatic rings. The zero-order chi connectivity index (χ0) is 18.1. The minimum atomic E-state index is 0.151. The average molecular weight is 361 g/mol. The van der Waals surface area contributed by atoms with Crippen molar-refractivity contribution in [2.24, 2.45) is 5.92 Å². The summed E-state index contributed by atoms with van der Waals surface area (Å²) in [5.41, 5.74) is 8.18. The number of hydrazine groups is 1. The molecule has 0 radical (unpaired) electrons. The van der Waals surface area contributed by atoms with E-state index in [-0.39, 0.29) is 11.6 Å². The van der Waals surface area contributed by atoms with Crippen molar-refractivity contribution < 1.29 is 9.47 Å². The molecule has 0 amide bonds. The molecule has 144 valence electrons. The Hall–Kier alpha value is -1.28. The minimum Gasteiger partial charge on any atom is -0.383 e. The number of hydrogen-bond acceptors (Lipinski definition) is 7. The van der Waals surface area contributed by atoms with E-state index in [9.17, 15) is 0 Å². The van der Waals surface area contributed by atoms with Gasteiger partial charge in [0.25, 0.3) is 0 Å². The Morgan fingerprint density at radius 1 is 1.27 bits per heavy atom. The molecule has 1 saturated heterocycles. The number of fused-ring (bicyclic) bond motifs is 1. The van der Waals surface area contributed by atoms with Crippen LogP contribution in [0.25, 0.3) is 0 Å². The van der Waals surface area contributed by atoms with E-state index < -0.39 is 0 Å². The lowest BCUT2D eigenvalue weighted by molar-refractivity contribution is -0.0500. The smallest absolute Gasteiger partial charge is 0.132 e. The molecule has 3 fully saturated rings. The Kier molecular flexibility index (Phi) is 5.14. The second-order valence-corrected chi connectivity index (χ2v) is 8.25. The molecule has 4 unspecified atom stereocenters. The van der Waals surface area contributed by atoms with Crippen molar-refractivity contribution in [1.29, 1.82) is 0 Å². The van der Waals surface area contributed by atoms with Gasteiger partial charge < -0.3 is 14.4 Å². The second kappa shape index (κ2) is 7.38. The molecule has 0 aromatic carbocycles. The van der Waals surface area contributed by atoms with Gasteiger partial charge in [0, 0.05) is 38.7 Å². The average Bonchev–Trinajstić information content (AvgIpc) is 3.22. The van der Waals surface area contributed by atoms with Crippen molar-refractivity contribution in [2.75, 3.05) is 32.2 Å². The van der Waals surface area contributed by atoms with Gasteiger partial charge in [0.15, 0.2) is 0 Å². The van der Waals surface area contributed by atoms with Gasteiger partial charge in [0.2, 0.25) is 0 Å². The molecular formula is C19H31N5O2. The number of rotatable bonds is 7. The topological polar surface area (TPSA) is 71.5 Å². The molecule has 1 aliphatic heterocycles. The van der Waals surface area contributed by atoms with Gasteiger partial charge >= 0.3 is 0 Å². The van der Waals surface area contributed by atoms with Gasteiger partial charge in [-0.2, -0.15) is 0 Å². The SMILES string of the molecule is COCCN(C)c1cc(C2NNC3CCC(OC4(C)CC4)CC32)ncn1. The zero-order valence-corrected chi connectivity index (χ0v) is 16.1. The first kappa shape index (κ1) is 18.1. The lowest BCUT2D eigenvalue weighted by Crippen LogP contribution is -2.38. The van der Waals surface area contributed by atoms with Crippen molar-refractivity contribution in [2.45, 2.75) is 62.8 Å². The largest absolute Gasteiger partial charge is 0.383 e. The normalized spacial score (nSPS) is 32.3. The molecule has 7 nitrogen and oxygen atoms in total. The third kappa shape index (κ3) is 3.86. The van der Waals surface area contributed by atoms with Gasteiger partial charge in [0.1, 0.15) is 12.1 Å². The molecule has 2 N–H and O–H groups in total. The van der Waals surface area contributed by atoms with Gasteiger partial charge in [-0.1, -0.05) is 0 Å². The summed E-state index contributed by atoms with van der Waals surface area (Å²) in [6.45, 7) is 3.74. The van der Waals surface area contributed by atoms with Crippen LogP contribution in [0.5, 0.6) is 0 Å². The van der Waals surface area contributed by atoms with E-state index >= 15 is 0 Å². The van der Waals surface area contributed by atoms with Crippen LogP contribution in [0.15, 0.2) is 12.4 Å². The van der Waals surface area contributed by atoms with E-state index in [0.29, 0.717) is 24.7 Å². The molecule has 2 saturated carbocycles. The van der Waals surface area contributed by atoms with Crippen LogP contribution < -0.4 is 15.8 Å². The van der Waals surface area contributed by atoms with Crippen molar-refractivity contribution in [3.05, 3.63) is 18.1 Å². The van der Waals surface area contributed by atoms with E-state index in [1.165, 1.54) is 12.8 Å². The summed E-state index contributed by atoms with van der Waals surface area (Å²) in [7, 11) is 3.76. The first-order valence-corrected chi connectivity index (χ1v) is 9.79. The summed E-state index contributed by atoms with van der Waals surface area (Å²) in [5, 5.41) is 0. The van der Waals surface area contributed by atoms with Crippen molar-refractivity contribution in [1.82, 2.24) is 20.8 Å². The molecule has 4 atom stereocenters. The lowest BCUT2D eigenvalue weighted by atomic mass is 9.79. The molecule has 0 spiro atoms. The van der Waals surface area contributed by atoms with E-state index in [1.54, 1.807) is 13.4 Å².